The number of carbonyl (C=O) groups is 2. The van der Waals surface area contributed by atoms with Crippen LogP contribution in [0.4, 0.5) is 0 Å². The Bertz CT molecular complexity index is 517. The Kier molecular flexibility index (Phi) is 5.03. The molecule has 6 nitrogen and oxygen atoms in total. The maximum Gasteiger partial charge on any atom is 0.308 e. The first-order valence-corrected chi connectivity index (χ1v) is 6.88. The lowest BCUT2D eigenvalue weighted by molar-refractivity contribution is -0.141. The highest BCUT2D eigenvalue weighted by Crippen LogP contribution is 2.26. The van der Waals surface area contributed by atoms with Crippen molar-refractivity contribution in [2.24, 2.45) is 5.92 Å². The van der Waals surface area contributed by atoms with Crippen molar-refractivity contribution in [1.82, 2.24) is 4.90 Å². The Morgan fingerprint density at radius 1 is 1.33 bits per heavy atom. The van der Waals surface area contributed by atoms with E-state index in [-0.39, 0.29) is 18.9 Å². The molecule has 1 saturated heterocycles. The summed E-state index contributed by atoms with van der Waals surface area (Å²) in [7, 11) is 1.56. The fourth-order valence-corrected chi connectivity index (χ4v) is 2.33. The lowest BCUT2D eigenvalue weighted by Gasteiger charge is -2.16. The number of carboxylic acids is 1. The third kappa shape index (κ3) is 3.87. The van der Waals surface area contributed by atoms with Gasteiger partial charge in [0.15, 0.2) is 11.5 Å². The van der Waals surface area contributed by atoms with Crippen LogP contribution in [0.15, 0.2) is 24.3 Å². The Balaban J connectivity index is 1.78. The standard InChI is InChI=1S/C15H19NO5/c1-20-12-4-2-3-5-13(12)21-9-7-14(17)16-8-6-11(10-16)15(18)19/h2-5,11H,6-10H2,1H3,(H,18,19)/t11-/m0/s1. The molecule has 0 radical (unpaired) electrons. The number of nitrogens with zero attached hydrogens (tertiary/aromatic N) is 1. The number of hydrogen-bond donors (Lipinski definition) is 1. The Labute approximate surface area is 123 Å². The molecule has 1 heterocycles. The summed E-state index contributed by atoms with van der Waals surface area (Å²) in [5.74, 6) is -0.136. The van der Waals surface area contributed by atoms with Crippen molar-refractivity contribution in [2.45, 2.75) is 12.8 Å². The van der Waals surface area contributed by atoms with Gasteiger partial charge in [-0.25, -0.2) is 0 Å². The first-order chi connectivity index (χ1) is 10.1. The summed E-state index contributed by atoms with van der Waals surface area (Å²) in [5, 5.41) is 8.92. The number of ether oxygens (including phenoxy) is 2. The normalized spacial score (nSPS) is 17.6. The number of rotatable bonds is 6. The number of benzene rings is 1. The molecule has 1 fully saturated rings. The van der Waals surface area contributed by atoms with Crippen LogP contribution in [0.2, 0.25) is 0 Å². The second-order valence-electron chi connectivity index (χ2n) is 4.91. The third-order valence-electron chi connectivity index (χ3n) is 3.53. The van der Waals surface area contributed by atoms with E-state index in [9.17, 15) is 9.59 Å². The van der Waals surface area contributed by atoms with E-state index in [2.05, 4.69) is 0 Å². The molecular weight excluding hydrogens is 274 g/mol. The van der Waals surface area contributed by atoms with E-state index in [4.69, 9.17) is 14.6 Å². The van der Waals surface area contributed by atoms with Crippen LogP contribution >= 0.6 is 0 Å². The van der Waals surface area contributed by atoms with E-state index in [1.165, 1.54) is 0 Å². The zero-order valence-corrected chi connectivity index (χ0v) is 11.9. The number of methoxy groups -OCH3 is 1. The third-order valence-corrected chi connectivity index (χ3v) is 3.53. The van der Waals surface area contributed by atoms with Gasteiger partial charge in [0.2, 0.25) is 5.91 Å². The van der Waals surface area contributed by atoms with Gasteiger partial charge in [-0.15, -0.1) is 0 Å². The van der Waals surface area contributed by atoms with E-state index < -0.39 is 11.9 Å². The predicted molar refractivity (Wildman–Crippen MR) is 75.4 cm³/mol. The van der Waals surface area contributed by atoms with E-state index in [0.717, 1.165) is 0 Å². The number of carbonyl (C=O) groups excluding carboxylic acids is 1. The monoisotopic (exact) mass is 293 g/mol. The minimum absolute atomic E-state index is 0.0753. The van der Waals surface area contributed by atoms with Gasteiger partial charge in [-0.2, -0.15) is 0 Å². The molecule has 1 atom stereocenters. The maximum atomic E-state index is 12.0. The van der Waals surface area contributed by atoms with Gasteiger partial charge < -0.3 is 19.5 Å². The number of aliphatic carboxylic acids is 1. The van der Waals surface area contributed by atoms with Crippen LogP contribution in [-0.2, 0) is 9.59 Å². The van der Waals surface area contributed by atoms with Gasteiger partial charge in [-0.1, -0.05) is 12.1 Å². The molecule has 1 aromatic carbocycles. The summed E-state index contributed by atoms with van der Waals surface area (Å²) < 4.78 is 10.7. The van der Waals surface area contributed by atoms with Gasteiger partial charge in [0.25, 0.3) is 0 Å². The quantitative estimate of drug-likeness (QED) is 0.858. The first-order valence-electron chi connectivity index (χ1n) is 6.88. The van der Waals surface area contributed by atoms with Crippen molar-refractivity contribution < 1.29 is 24.2 Å². The van der Waals surface area contributed by atoms with E-state index in [1.54, 1.807) is 24.1 Å². The number of para-hydroxylation sites is 2. The first kappa shape index (κ1) is 15.2. The number of amides is 1. The van der Waals surface area contributed by atoms with Gasteiger partial charge in [0.05, 0.1) is 26.1 Å². The zero-order chi connectivity index (χ0) is 15.2. The van der Waals surface area contributed by atoms with Crippen LogP contribution in [0.5, 0.6) is 11.5 Å². The van der Waals surface area contributed by atoms with Crippen molar-refractivity contribution in [1.29, 1.82) is 0 Å². The number of hydrogen-bond acceptors (Lipinski definition) is 4. The van der Waals surface area contributed by atoms with Crippen molar-refractivity contribution in [2.75, 3.05) is 26.8 Å². The molecule has 1 amide bonds. The summed E-state index contributed by atoms with van der Waals surface area (Å²) in [6.07, 6.45) is 0.749. The molecule has 0 spiro atoms. The molecule has 6 heteroatoms. The molecule has 0 unspecified atom stereocenters. The highest BCUT2D eigenvalue weighted by atomic mass is 16.5. The van der Waals surface area contributed by atoms with Crippen LogP contribution in [0.1, 0.15) is 12.8 Å². The second-order valence-corrected chi connectivity index (χ2v) is 4.91. The molecule has 1 aromatic rings. The summed E-state index contributed by atoms with van der Waals surface area (Å²) in [6, 6.07) is 7.24. The summed E-state index contributed by atoms with van der Waals surface area (Å²) >= 11 is 0. The molecule has 0 aliphatic carbocycles. The summed E-state index contributed by atoms with van der Waals surface area (Å²) in [5.41, 5.74) is 0. The minimum Gasteiger partial charge on any atom is -0.493 e. The second kappa shape index (κ2) is 6.97. The fourth-order valence-electron chi connectivity index (χ4n) is 2.33. The number of carboxylic acid groups (broad SMARTS) is 1. The SMILES string of the molecule is COc1ccccc1OCCC(=O)N1CC[C@H](C(=O)O)C1. The van der Waals surface area contributed by atoms with Gasteiger partial charge >= 0.3 is 5.97 Å². The van der Waals surface area contributed by atoms with Crippen LogP contribution in [0.25, 0.3) is 0 Å². The summed E-state index contributed by atoms with van der Waals surface area (Å²) in [4.78, 5) is 24.4. The number of likely N-dealkylation sites (tertiary alicyclic amines) is 1. The lowest BCUT2D eigenvalue weighted by atomic mass is 10.1. The van der Waals surface area contributed by atoms with Crippen LogP contribution < -0.4 is 9.47 Å². The maximum absolute atomic E-state index is 12.0. The van der Waals surface area contributed by atoms with Crippen molar-refractivity contribution >= 4 is 11.9 Å². The summed E-state index contributed by atoms with van der Waals surface area (Å²) in [6.45, 7) is 1.04. The van der Waals surface area contributed by atoms with E-state index in [1.807, 2.05) is 12.1 Å². The molecule has 0 saturated carbocycles. The smallest absolute Gasteiger partial charge is 0.308 e. The van der Waals surface area contributed by atoms with Crippen LogP contribution in [0.3, 0.4) is 0 Å². The van der Waals surface area contributed by atoms with Gasteiger partial charge in [-0.05, 0) is 18.6 Å². The van der Waals surface area contributed by atoms with Crippen LogP contribution in [0, 0.1) is 5.92 Å². The van der Waals surface area contributed by atoms with E-state index >= 15 is 0 Å². The molecular formula is C15H19NO5. The Morgan fingerprint density at radius 2 is 2.05 bits per heavy atom. The predicted octanol–water partition coefficient (Wildman–Crippen LogP) is 1.40. The molecule has 0 aromatic heterocycles. The molecule has 1 aliphatic heterocycles. The van der Waals surface area contributed by atoms with Gasteiger partial charge in [0.1, 0.15) is 0 Å². The van der Waals surface area contributed by atoms with Crippen molar-refractivity contribution in [3.63, 3.8) is 0 Å². The average Bonchev–Trinajstić information content (AvgIpc) is 2.98. The van der Waals surface area contributed by atoms with Gasteiger partial charge in [0, 0.05) is 13.1 Å². The van der Waals surface area contributed by atoms with Crippen molar-refractivity contribution in [3.05, 3.63) is 24.3 Å². The van der Waals surface area contributed by atoms with Crippen LogP contribution in [-0.4, -0.2) is 48.7 Å². The highest BCUT2D eigenvalue weighted by molar-refractivity contribution is 5.78. The molecule has 21 heavy (non-hydrogen) atoms. The lowest BCUT2D eigenvalue weighted by Crippen LogP contribution is -2.30. The molecule has 114 valence electrons. The molecule has 0 bridgehead atoms. The topological polar surface area (TPSA) is 76.1 Å². The Morgan fingerprint density at radius 3 is 2.67 bits per heavy atom. The van der Waals surface area contributed by atoms with Gasteiger partial charge in [-0.3, -0.25) is 9.59 Å². The zero-order valence-electron chi connectivity index (χ0n) is 11.9. The minimum atomic E-state index is -0.837. The Hall–Kier alpha value is -2.24. The average molecular weight is 293 g/mol. The molecule has 2 rings (SSSR count). The highest BCUT2D eigenvalue weighted by Gasteiger charge is 2.30. The van der Waals surface area contributed by atoms with E-state index in [0.29, 0.717) is 31.0 Å². The largest absolute Gasteiger partial charge is 0.493 e. The fraction of sp³-hybridized carbons (Fsp3) is 0.467. The molecule has 1 aliphatic rings. The molecule has 1 N–H and O–H groups in total. The van der Waals surface area contributed by atoms with Crippen molar-refractivity contribution in [3.8, 4) is 11.5 Å².